The molecule has 0 radical (unpaired) electrons. The second kappa shape index (κ2) is 8.51. The van der Waals surface area contributed by atoms with Crippen LogP contribution in [0.15, 0.2) is 28.8 Å². The number of likely N-dealkylation sites (tertiary alicyclic amines) is 1. The Morgan fingerprint density at radius 1 is 1.27 bits per heavy atom. The number of nitrogens with one attached hydrogen (secondary N) is 1. The van der Waals surface area contributed by atoms with Crippen molar-refractivity contribution in [1.82, 2.24) is 15.4 Å². The molecule has 2 atom stereocenters. The highest BCUT2D eigenvalue weighted by Crippen LogP contribution is 2.27. The zero-order valence-electron chi connectivity index (χ0n) is 17.4. The first-order valence-corrected chi connectivity index (χ1v) is 9.66. The molecule has 9 heteroatoms. The third-order valence-electron chi connectivity index (χ3n) is 5.32. The molecule has 162 valence electrons. The summed E-state index contributed by atoms with van der Waals surface area (Å²) in [5, 5.41) is 6.51. The van der Waals surface area contributed by atoms with Gasteiger partial charge >= 0.3 is 5.97 Å². The van der Waals surface area contributed by atoms with E-state index >= 15 is 0 Å². The summed E-state index contributed by atoms with van der Waals surface area (Å²) in [6.45, 7) is 7.34. The van der Waals surface area contributed by atoms with Crippen LogP contribution in [0.3, 0.4) is 0 Å². The average Bonchev–Trinajstić information content (AvgIpc) is 3.16. The number of nitrogens with zero attached hydrogens (tertiary/aromatic N) is 2. The molecule has 2 aromatic rings. The third kappa shape index (κ3) is 4.67. The lowest BCUT2D eigenvalue weighted by Crippen LogP contribution is -2.57. The van der Waals surface area contributed by atoms with Crippen molar-refractivity contribution < 1.29 is 27.6 Å². The van der Waals surface area contributed by atoms with E-state index in [1.807, 2.05) is 0 Å². The molecule has 1 amide bonds. The summed E-state index contributed by atoms with van der Waals surface area (Å²) in [5.41, 5.74) is -0.189. The Bertz CT molecular complexity index is 939. The van der Waals surface area contributed by atoms with E-state index in [1.165, 1.54) is 19.2 Å². The highest BCUT2D eigenvalue weighted by Gasteiger charge is 2.39. The van der Waals surface area contributed by atoms with Crippen LogP contribution in [0.4, 0.5) is 8.78 Å². The van der Waals surface area contributed by atoms with Crippen molar-refractivity contribution in [3.63, 3.8) is 0 Å². The van der Waals surface area contributed by atoms with Crippen LogP contribution >= 0.6 is 0 Å². The predicted octanol–water partition coefficient (Wildman–Crippen LogP) is 3.01. The first kappa shape index (κ1) is 21.9. The van der Waals surface area contributed by atoms with E-state index < -0.39 is 35.5 Å². The molecule has 0 spiro atoms. The molecule has 1 N–H and O–H groups in total. The number of rotatable bonds is 4. The maximum absolute atomic E-state index is 13.9. The van der Waals surface area contributed by atoms with Crippen LogP contribution in [-0.4, -0.2) is 53.7 Å². The second-order valence-electron chi connectivity index (χ2n) is 8.32. The number of hydrogen-bond acceptors (Lipinski definition) is 6. The molecule has 1 saturated heterocycles. The molecule has 0 bridgehead atoms. The van der Waals surface area contributed by atoms with Crippen LogP contribution in [-0.2, 0) is 9.53 Å². The van der Waals surface area contributed by atoms with Crippen molar-refractivity contribution in [3.05, 3.63) is 41.6 Å². The van der Waals surface area contributed by atoms with Gasteiger partial charge in [-0.1, -0.05) is 5.16 Å². The van der Waals surface area contributed by atoms with E-state index in [2.05, 4.69) is 36.1 Å². The number of benzene rings is 1. The number of amides is 1. The summed E-state index contributed by atoms with van der Waals surface area (Å²) in [6.07, 6.45) is 0.556. The Balaban J connectivity index is 1.75. The number of halogens is 2. The molecule has 30 heavy (non-hydrogen) atoms. The minimum Gasteiger partial charge on any atom is -0.469 e. The van der Waals surface area contributed by atoms with Gasteiger partial charge in [0, 0.05) is 36.8 Å². The van der Waals surface area contributed by atoms with Gasteiger partial charge in [-0.3, -0.25) is 14.5 Å². The first-order chi connectivity index (χ1) is 14.1. The lowest BCUT2D eigenvalue weighted by molar-refractivity contribution is -0.149. The number of hydrogen-bond donors (Lipinski definition) is 1. The normalized spacial score (nSPS) is 20.1. The molecule has 2 heterocycles. The fourth-order valence-corrected chi connectivity index (χ4v) is 3.57. The van der Waals surface area contributed by atoms with Gasteiger partial charge < -0.3 is 14.6 Å². The third-order valence-corrected chi connectivity index (χ3v) is 5.32. The standard InChI is InChI=1S/C21H25F2N3O4/c1-21(2,3)26-8-7-16(14(11-26)20(28)29-4)24-19(27)17-10-18(30-25-17)13-6-5-12(22)9-15(13)23/h5-6,9-10,14,16H,7-8,11H2,1-4H3,(H,24,27)/t14-,16-/m1/s1. The average molecular weight is 421 g/mol. The van der Waals surface area contributed by atoms with Crippen molar-refractivity contribution in [2.45, 2.75) is 38.8 Å². The molecule has 1 aromatic carbocycles. The maximum atomic E-state index is 13.9. The van der Waals surface area contributed by atoms with E-state index in [9.17, 15) is 18.4 Å². The molecular formula is C21H25F2N3O4. The Kier molecular flexibility index (Phi) is 6.21. The van der Waals surface area contributed by atoms with Crippen molar-refractivity contribution in [2.75, 3.05) is 20.2 Å². The largest absolute Gasteiger partial charge is 0.469 e. The highest BCUT2D eigenvalue weighted by molar-refractivity contribution is 5.93. The van der Waals surface area contributed by atoms with Crippen molar-refractivity contribution >= 4 is 11.9 Å². The van der Waals surface area contributed by atoms with Gasteiger partial charge in [0.05, 0.1) is 18.6 Å². The summed E-state index contributed by atoms with van der Waals surface area (Å²) in [7, 11) is 1.32. The molecule has 1 fully saturated rings. The zero-order valence-corrected chi connectivity index (χ0v) is 17.4. The van der Waals surface area contributed by atoms with Gasteiger partial charge in [-0.15, -0.1) is 0 Å². The first-order valence-electron chi connectivity index (χ1n) is 9.66. The number of methoxy groups -OCH3 is 1. The number of piperidine rings is 1. The summed E-state index contributed by atoms with van der Waals surface area (Å²) in [6, 6.07) is 3.86. The van der Waals surface area contributed by atoms with Crippen molar-refractivity contribution in [3.8, 4) is 11.3 Å². The zero-order chi connectivity index (χ0) is 22.1. The predicted molar refractivity (Wildman–Crippen MR) is 105 cm³/mol. The fraction of sp³-hybridized carbons (Fsp3) is 0.476. The Hall–Kier alpha value is -2.81. The smallest absolute Gasteiger partial charge is 0.312 e. The maximum Gasteiger partial charge on any atom is 0.312 e. The molecule has 0 saturated carbocycles. The topological polar surface area (TPSA) is 84.7 Å². The quantitative estimate of drug-likeness (QED) is 0.764. The van der Waals surface area contributed by atoms with Gasteiger partial charge in [0.15, 0.2) is 11.5 Å². The van der Waals surface area contributed by atoms with Crippen molar-refractivity contribution in [2.24, 2.45) is 5.92 Å². The summed E-state index contributed by atoms with van der Waals surface area (Å²) >= 11 is 0. The Morgan fingerprint density at radius 2 is 2.00 bits per heavy atom. The molecule has 3 rings (SSSR count). The number of esters is 1. The fourth-order valence-electron chi connectivity index (χ4n) is 3.57. The minimum absolute atomic E-state index is 0.00437. The molecule has 1 aliphatic heterocycles. The van der Waals surface area contributed by atoms with Crippen LogP contribution < -0.4 is 5.32 Å². The molecule has 0 aliphatic carbocycles. The van der Waals surface area contributed by atoms with Crippen LogP contribution in [0.2, 0.25) is 0 Å². The highest BCUT2D eigenvalue weighted by atomic mass is 19.1. The SMILES string of the molecule is COC(=O)[C@@H]1CN(C(C)(C)C)CC[C@H]1NC(=O)c1cc(-c2ccc(F)cc2F)on1. The summed E-state index contributed by atoms with van der Waals surface area (Å²) in [4.78, 5) is 27.2. The molecule has 1 aromatic heterocycles. The lowest BCUT2D eigenvalue weighted by Gasteiger charge is -2.44. The second-order valence-corrected chi connectivity index (χ2v) is 8.32. The number of aromatic nitrogens is 1. The Labute approximate surface area is 173 Å². The number of carbonyl (C=O) groups excluding carboxylic acids is 2. The van der Waals surface area contributed by atoms with E-state index in [0.717, 1.165) is 12.1 Å². The molecule has 0 unspecified atom stereocenters. The van der Waals surface area contributed by atoms with E-state index in [0.29, 0.717) is 19.5 Å². The van der Waals surface area contributed by atoms with Crippen LogP contribution in [0, 0.1) is 17.6 Å². The lowest BCUT2D eigenvalue weighted by atomic mass is 9.89. The van der Waals surface area contributed by atoms with Gasteiger partial charge in [0.2, 0.25) is 0 Å². The van der Waals surface area contributed by atoms with E-state index in [4.69, 9.17) is 9.26 Å². The summed E-state index contributed by atoms with van der Waals surface area (Å²) in [5.74, 6) is -3.01. The van der Waals surface area contributed by atoms with Crippen molar-refractivity contribution in [1.29, 1.82) is 0 Å². The van der Waals surface area contributed by atoms with Crippen LogP contribution in [0.5, 0.6) is 0 Å². The van der Waals surface area contributed by atoms with Gasteiger partial charge in [0.25, 0.3) is 5.91 Å². The van der Waals surface area contributed by atoms with Gasteiger partial charge in [-0.25, -0.2) is 8.78 Å². The monoisotopic (exact) mass is 421 g/mol. The van der Waals surface area contributed by atoms with E-state index in [1.54, 1.807) is 0 Å². The number of ether oxygens (including phenoxy) is 1. The Morgan fingerprint density at radius 3 is 2.63 bits per heavy atom. The van der Waals surface area contributed by atoms with Gasteiger partial charge in [0.1, 0.15) is 11.6 Å². The minimum atomic E-state index is -0.821. The van der Waals surface area contributed by atoms with Gasteiger partial charge in [-0.2, -0.15) is 0 Å². The molecule has 7 nitrogen and oxygen atoms in total. The molecule has 1 aliphatic rings. The van der Waals surface area contributed by atoms with Crippen LogP contribution in [0.1, 0.15) is 37.7 Å². The summed E-state index contributed by atoms with van der Waals surface area (Å²) < 4.78 is 37.0. The van der Waals surface area contributed by atoms with Crippen LogP contribution in [0.25, 0.3) is 11.3 Å². The molecular weight excluding hydrogens is 396 g/mol. The number of carbonyl (C=O) groups is 2. The van der Waals surface area contributed by atoms with E-state index in [-0.39, 0.29) is 22.6 Å². The van der Waals surface area contributed by atoms with Gasteiger partial charge in [-0.05, 0) is 39.3 Å².